The molecule has 1 saturated heterocycles. The topological polar surface area (TPSA) is 46.6 Å². The van der Waals surface area contributed by atoms with E-state index < -0.39 is 10.0 Å². The molecule has 0 saturated carbocycles. The molecule has 2 unspecified atom stereocenters. The number of hydrogen-bond donors (Lipinski definition) is 1. The number of thiol groups is 1. The van der Waals surface area contributed by atoms with Crippen molar-refractivity contribution < 1.29 is 13.2 Å². The molecule has 0 spiro atoms. The predicted octanol–water partition coefficient (Wildman–Crippen LogP) is 4.09. The van der Waals surface area contributed by atoms with Crippen molar-refractivity contribution in [3.8, 4) is 5.75 Å². The van der Waals surface area contributed by atoms with E-state index >= 15 is 0 Å². The van der Waals surface area contributed by atoms with Crippen LogP contribution in [0.1, 0.15) is 0 Å². The van der Waals surface area contributed by atoms with Crippen molar-refractivity contribution in [2.24, 2.45) is 11.8 Å². The SMILES string of the molecule is O=S(=O)(c1ccc2ccccc2c1)N1CC(CS)C(COc2ccccc2)C1. The first-order valence-electron chi connectivity index (χ1n) is 9.35. The second-order valence-corrected chi connectivity index (χ2v) is 9.46. The summed E-state index contributed by atoms with van der Waals surface area (Å²) in [5.41, 5.74) is 0. The van der Waals surface area contributed by atoms with Gasteiger partial charge in [0, 0.05) is 19.0 Å². The van der Waals surface area contributed by atoms with Crippen LogP contribution >= 0.6 is 12.6 Å². The molecule has 6 heteroatoms. The molecule has 1 aliphatic rings. The Balaban J connectivity index is 1.52. The summed E-state index contributed by atoms with van der Waals surface area (Å²) in [4.78, 5) is 0.341. The van der Waals surface area contributed by atoms with Crippen LogP contribution in [0, 0.1) is 11.8 Å². The molecular weight excluding hydrogens is 390 g/mol. The van der Waals surface area contributed by atoms with Gasteiger partial charge in [0.15, 0.2) is 0 Å². The molecule has 4 rings (SSSR count). The van der Waals surface area contributed by atoms with Crippen LogP contribution < -0.4 is 4.74 Å². The van der Waals surface area contributed by atoms with Crippen LogP contribution in [0.4, 0.5) is 0 Å². The summed E-state index contributed by atoms with van der Waals surface area (Å²) < 4.78 is 33.9. The quantitative estimate of drug-likeness (QED) is 0.619. The number of sulfonamides is 1. The van der Waals surface area contributed by atoms with Crippen molar-refractivity contribution in [2.45, 2.75) is 4.90 Å². The molecule has 0 aliphatic carbocycles. The fraction of sp³-hybridized carbons (Fsp3) is 0.273. The van der Waals surface area contributed by atoms with Gasteiger partial charge in [-0.15, -0.1) is 0 Å². The first-order valence-corrected chi connectivity index (χ1v) is 11.4. The second-order valence-electron chi connectivity index (χ2n) is 7.16. The molecule has 3 aromatic rings. The van der Waals surface area contributed by atoms with Gasteiger partial charge in [0.05, 0.1) is 11.5 Å². The van der Waals surface area contributed by atoms with Crippen LogP contribution in [-0.4, -0.2) is 38.2 Å². The van der Waals surface area contributed by atoms with E-state index in [1.54, 1.807) is 16.4 Å². The Labute approximate surface area is 171 Å². The zero-order chi connectivity index (χ0) is 19.6. The smallest absolute Gasteiger partial charge is 0.243 e. The lowest BCUT2D eigenvalue weighted by molar-refractivity contribution is 0.232. The van der Waals surface area contributed by atoms with Crippen molar-refractivity contribution >= 4 is 33.4 Å². The molecule has 1 aliphatic heterocycles. The molecular formula is C22H23NO3S2. The lowest BCUT2D eigenvalue weighted by Gasteiger charge is -2.17. The maximum absolute atomic E-state index is 13.2. The van der Waals surface area contributed by atoms with Crippen molar-refractivity contribution in [2.75, 3.05) is 25.4 Å². The summed E-state index contributed by atoms with van der Waals surface area (Å²) in [6.45, 7) is 1.41. The van der Waals surface area contributed by atoms with Gasteiger partial charge >= 0.3 is 0 Å². The van der Waals surface area contributed by atoms with Gasteiger partial charge in [0.1, 0.15) is 5.75 Å². The highest BCUT2D eigenvalue weighted by molar-refractivity contribution is 7.89. The maximum Gasteiger partial charge on any atom is 0.243 e. The van der Waals surface area contributed by atoms with Gasteiger partial charge in [-0.3, -0.25) is 0 Å². The maximum atomic E-state index is 13.2. The largest absolute Gasteiger partial charge is 0.493 e. The molecule has 2 atom stereocenters. The molecule has 3 aromatic carbocycles. The van der Waals surface area contributed by atoms with Crippen molar-refractivity contribution in [1.82, 2.24) is 4.31 Å². The van der Waals surface area contributed by atoms with Crippen LogP contribution in [-0.2, 0) is 10.0 Å². The monoisotopic (exact) mass is 413 g/mol. The fourth-order valence-electron chi connectivity index (χ4n) is 3.68. The molecule has 0 amide bonds. The van der Waals surface area contributed by atoms with Crippen LogP contribution in [0.15, 0.2) is 77.7 Å². The van der Waals surface area contributed by atoms with Crippen molar-refractivity contribution in [1.29, 1.82) is 0 Å². The Morgan fingerprint density at radius 3 is 2.32 bits per heavy atom. The number of nitrogens with zero attached hydrogens (tertiary/aromatic N) is 1. The predicted molar refractivity (Wildman–Crippen MR) is 115 cm³/mol. The first-order chi connectivity index (χ1) is 13.6. The standard InChI is InChI=1S/C22H23NO3S2/c24-28(25,22-11-10-17-6-4-5-7-18(17)12-22)23-13-19(20(14-23)16-27)15-26-21-8-2-1-3-9-21/h1-12,19-20,27H,13-16H2. The third kappa shape index (κ3) is 3.90. The van der Waals surface area contributed by atoms with E-state index in [4.69, 9.17) is 4.74 Å². The van der Waals surface area contributed by atoms with E-state index in [2.05, 4.69) is 12.6 Å². The third-order valence-corrected chi connectivity index (χ3v) is 7.64. The second kappa shape index (κ2) is 8.15. The minimum atomic E-state index is -3.55. The average Bonchev–Trinajstić information content (AvgIpc) is 3.17. The highest BCUT2D eigenvalue weighted by Crippen LogP contribution is 2.31. The van der Waals surface area contributed by atoms with Gasteiger partial charge in [-0.1, -0.05) is 48.5 Å². The van der Waals surface area contributed by atoms with Gasteiger partial charge in [-0.25, -0.2) is 8.42 Å². The normalized spacial score (nSPS) is 20.5. The Morgan fingerprint density at radius 2 is 1.57 bits per heavy atom. The Hall–Kier alpha value is -2.02. The van der Waals surface area contributed by atoms with Gasteiger partial charge in [-0.05, 0) is 46.7 Å². The van der Waals surface area contributed by atoms with E-state index in [1.807, 2.05) is 60.7 Å². The van der Waals surface area contributed by atoms with Gasteiger partial charge in [-0.2, -0.15) is 16.9 Å². The molecule has 0 aromatic heterocycles. The highest BCUT2D eigenvalue weighted by atomic mass is 32.2. The van der Waals surface area contributed by atoms with Crippen molar-refractivity contribution in [3.63, 3.8) is 0 Å². The average molecular weight is 414 g/mol. The van der Waals surface area contributed by atoms with E-state index in [1.165, 1.54) is 0 Å². The highest BCUT2D eigenvalue weighted by Gasteiger charge is 2.39. The van der Waals surface area contributed by atoms with Crippen LogP contribution in [0.5, 0.6) is 5.75 Å². The minimum Gasteiger partial charge on any atom is -0.493 e. The van der Waals surface area contributed by atoms with Crippen LogP contribution in [0.3, 0.4) is 0 Å². The molecule has 0 bridgehead atoms. The number of rotatable bonds is 6. The summed E-state index contributed by atoms with van der Waals surface area (Å²) in [6.07, 6.45) is 0. The number of fused-ring (bicyclic) bond motifs is 1. The molecule has 146 valence electrons. The summed E-state index contributed by atoms with van der Waals surface area (Å²) in [7, 11) is -3.55. The molecule has 1 heterocycles. The first kappa shape index (κ1) is 19.3. The summed E-state index contributed by atoms with van der Waals surface area (Å²) in [6, 6.07) is 22.7. The number of hydrogen-bond acceptors (Lipinski definition) is 4. The third-order valence-electron chi connectivity index (χ3n) is 5.34. The number of ether oxygens (including phenoxy) is 1. The Morgan fingerprint density at radius 1 is 0.893 bits per heavy atom. The zero-order valence-corrected chi connectivity index (χ0v) is 17.1. The Bertz CT molecular complexity index is 1050. The molecule has 1 fully saturated rings. The lowest BCUT2D eigenvalue weighted by atomic mass is 9.99. The molecule has 0 N–H and O–H groups in total. The zero-order valence-electron chi connectivity index (χ0n) is 15.4. The summed E-state index contributed by atoms with van der Waals surface area (Å²) in [5, 5.41) is 1.96. The van der Waals surface area contributed by atoms with E-state index in [-0.39, 0.29) is 11.8 Å². The van der Waals surface area contributed by atoms with Gasteiger partial charge in [0.25, 0.3) is 0 Å². The number of para-hydroxylation sites is 1. The molecule has 4 nitrogen and oxygen atoms in total. The fourth-order valence-corrected chi connectivity index (χ4v) is 5.69. The van der Waals surface area contributed by atoms with Gasteiger partial charge < -0.3 is 4.74 Å². The molecule has 0 radical (unpaired) electrons. The van der Waals surface area contributed by atoms with Crippen LogP contribution in [0.2, 0.25) is 0 Å². The van der Waals surface area contributed by atoms with E-state index in [0.717, 1.165) is 16.5 Å². The van der Waals surface area contributed by atoms with Crippen molar-refractivity contribution in [3.05, 3.63) is 72.8 Å². The van der Waals surface area contributed by atoms with E-state index in [9.17, 15) is 8.42 Å². The van der Waals surface area contributed by atoms with Gasteiger partial charge in [0.2, 0.25) is 10.0 Å². The number of benzene rings is 3. The lowest BCUT2D eigenvalue weighted by Crippen LogP contribution is -2.29. The van der Waals surface area contributed by atoms with E-state index in [0.29, 0.717) is 30.3 Å². The molecule has 28 heavy (non-hydrogen) atoms. The summed E-state index contributed by atoms with van der Waals surface area (Å²) in [5.74, 6) is 1.72. The van der Waals surface area contributed by atoms with Crippen LogP contribution in [0.25, 0.3) is 10.8 Å². The summed E-state index contributed by atoms with van der Waals surface area (Å²) >= 11 is 4.45. The Kier molecular flexibility index (Phi) is 5.62. The minimum absolute atomic E-state index is 0.118.